The number of allylic oxidation sites excluding steroid dienone is 7. The highest BCUT2D eigenvalue weighted by molar-refractivity contribution is 5.74. The molecule has 2 saturated carbocycles. The molecule has 0 radical (unpaired) electrons. The molecule has 310 valence electrons. The molecule has 1 aliphatic heterocycles. The van der Waals surface area contributed by atoms with Gasteiger partial charge in [0.05, 0.1) is 18.3 Å². The van der Waals surface area contributed by atoms with E-state index in [2.05, 4.69) is 54.5 Å². The van der Waals surface area contributed by atoms with Crippen molar-refractivity contribution in [2.24, 2.45) is 29.1 Å². The number of aliphatic hydroxyl groups excluding tert-OH is 4. The van der Waals surface area contributed by atoms with Gasteiger partial charge in [0.25, 0.3) is 0 Å². The number of carbonyl (C=O) groups excluding carboxylic acids is 1. The standard InChI is InChI=1S/C47H70N2O7/c1-32(41-27-34-11-7-12-35(26-34)29-45(3,22-25-56-5)49-44(54)37-14-8-13-36(41)28-37)10-6-15-38(31-52)40-18-20-47(43(40)53)42(16-9-24-50)39(33(2)30-51)17-19-46(47,55)21-23-48-4/h6-7,10-12,15,26,28,30,36,40-44,48-50,52-55H,1,8-9,13-14,16-25,27,29,31H2,2-5H3/t36-,40-,41-,42-,43+,44-,45+,46-,47+/m0/s1. The highest BCUT2D eigenvalue weighted by Crippen LogP contribution is 2.64. The van der Waals surface area contributed by atoms with Gasteiger partial charge in [-0.15, -0.1) is 0 Å². The number of ether oxygens (including phenoxy) is 1. The molecule has 9 atom stereocenters. The van der Waals surface area contributed by atoms with Crippen molar-refractivity contribution in [3.05, 3.63) is 94.1 Å². The Kier molecular flexibility index (Phi) is 15.7. The number of fused-ring (bicyclic) bond motifs is 3. The summed E-state index contributed by atoms with van der Waals surface area (Å²) in [6, 6.07) is 8.76. The Morgan fingerprint density at radius 2 is 1.89 bits per heavy atom. The number of benzene rings is 1. The number of methoxy groups -OCH3 is 1. The fraction of sp³-hybridized carbons (Fsp3) is 0.638. The normalized spacial score (nSPS) is 34.9. The first-order valence-corrected chi connectivity index (χ1v) is 21.1. The van der Waals surface area contributed by atoms with Gasteiger partial charge in [0.1, 0.15) is 12.5 Å². The Labute approximate surface area is 335 Å². The van der Waals surface area contributed by atoms with Gasteiger partial charge >= 0.3 is 0 Å². The van der Waals surface area contributed by atoms with E-state index in [9.17, 15) is 30.3 Å². The van der Waals surface area contributed by atoms with Crippen molar-refractivity contribution in [2.45, 2.75) is 121 Å². The molecule has 1 spiro atoms. The summed E-state index contributed by atoms with van der Waals surface area (Å²) in [7, 11) is 3.57. The fourth-order valence-electron chi connectivity index (χ4n) is 11.0. The van der Waals surface area contributed by atoms with Gasteiger partial charge in [-0.2, -0.15) is 0 Å². The molecule has 56 heavy (non-hydrogen) atoms. The van der Waals surface area contributed by atoms with E-state index in [0.717, 1.165) is 61.5 Å². The van der Waals surface area contributed by atoms with Crippen molar-refractivity contribution in [1.29, 1.82) is 0 Å². The molecule has 1 aromatic rings. The smallest absolute Gasteiger partial charge is 0.145 e. The first kappa shape index (κ1) is 44.4. The van der Waals surface area contributed by atoms with Crippen LogP contribution < -0.4 is 10.6 Å². The van der Waals surface area contributed by atoms with Crippen LogP contribution in [0, 0.1) is 29.1 Å². The zero-order valence-corrected chi connectivity index (χ0v) is 34.4. The van der Waals surface area contributed by atoms with Gasteiger partial charge in [-0.05, 0) is 157 Å². The van der Waals surface area contributed by atoms with Gasteiger partial charge in [-0.3, -0.25) is 10.1 Å². The van der Waals surface area contributed by atoms with Gasteiger partial charge in [-0.1, -0.05) is 66.3 Å². The predicted octanol–water partition coefficient (Wildman–Crippen LogP) is 5.66. The molecule has 3 aliphatic carbocycles. The van der Waals surface area contributed by atoms with Crippen molar-refractivity contribution in [3.63, 3.8) is 0 Å². The van der Waals surface area contributed by atoms with Crippen molar-refractivity contribution in [2.75, 3.05) is 40.5 Å². The van der Waals surface area contributed by atoms with Crippen LogP contribution in [0.4, 0.5) is 0 Å². The van der Waals surface area contributed by atoms with E-state index < -0.39 is 23.3 Å². The van der Waals surface area contributed by atoms with Crippen LogP contribution in [0.3, 0.4) is 0 Å². The van der Waals surface area contributed by atoms with Crippen LogP contribution in [0.2, 0.25) is 0 Å². The molecule has 0 unspecified atom stereocenters. The van der Waals surface area contributed by atoms with Crippen LogP contribution in [0.25, 0.3) is 0 Å². The Bertz CT molecular complexity index is 1630. The third-order valence-corrected chi connectivity index (χ3v) is 14.1. The molecule has 4 bridgehead atoms. The highest BCUT2D eigenvalue weighted by Gasteiger charge is 2.65. The van der Waals surface area contributed by atoms with Crippen LogP contribution in [0.5, 0.6) is 0 Å². The lowest BCUT2D eigenvalue weighted by molar-refractivity contribution is -0.180. The van der Waals surface area contributed by atoms with Gasteiger partial charge < -0.3 is 35.6 Å². The quantitative estimate of drug-likeness (QED) is 0.0519. The highest BCUT2D eigenvalue weighted by atomic mass is 16.5. The average molecular weight is 775 g/mol. The summed E-state index contributed by atoms with van der Waals surface area (Å²) in [5, 5.41) is 64.0. The molecule has 0 amide bonds. The molecule has 1 heterocycles. The number of hydrogen-bond donors (Lipinski definition) is 7. The predicted molar refractivity (Wildman–Crippen MR) is 223 cm³/mol. The van der Waals surface area contributed by atoms with E-state index in [-0.39, 0.29) is 42.4 Å². The van der Waals surface area contributed by atoms with Crippen LogP contribution in [-0.4, -0.2) is 95.8 Å². The van der Waals surface area contributed by atoms with E-state index >= 15 is 0 Å². The fourth-order valence-corrected chi connectivity index (χ4v) is 11.0. The minimum absolute atomic E-state index is 0.0128. The molecular weight excluding hydrogens is 705 g/mol. The first-order chi connectivity index (χ1) is 26.9. The third kappa shape index (κ3) is 9.58. The molecule has 0 aromatic heterocycles. The second kappa shape index (κ2) is 19.8. The topological polar surface area (TPSA) is 152 Å². The molecule has 4 aliphatic rings. The Balaban J connectivity index is 1.44. The summed E-state index contributed by atoms with van der Waals surface area (Å²) in [5.41, 5.74) is 4.30. The lowest BCUT2D eigenvalue weighted by Crippen LogP contribution is -2.61. The summed E-state index contributed by atoms with van der Waals surface area (Å²) in [6.45, 7) is 9.50. The molecule has 2 fully saturated rings. The number of rotatable bonds is 15. The van der Waals surface area contributed by atoms with E-state index in [1.165, 1.54) is 11.1 Å². The zero-order valence-electron chi connectivity index (χ0n) is 34.4. The van der Waals surface area contributed by atoms with Crippen LogP contribution in [0.15, 0.2) is 83.0 Å². The summed E-state index contributed by atoms with van der Waals surface area (Å²) in [5.74, 6) is -0.375. The van der Waals surface area contributed by atoms with Gasteiger partial charge in [0, 0.05) is 37.2 Å². The van der Waals surface area contributed by atoms with E-state index in [4.69, 9.17) is 4.74 Å². The summed E-state index contributed by atoms with van der Waals surface area (Å²) >= 11 is 0. The maximum absolute atomic E-state index is 12.5. The number of carbonyl (C=O) groups is 1. The Morgan fingerprint density at radius 3 is 2.61 bits per heavy atom. The minimum Gasteiger partial charge on any atom is -0.396 e. The second-order valence-corrected chi connectivity index (χ2v) is 17.5. The van der Waals surface area contributed by atoms with Crippen LogP contribution in [0.1, 0.15) is 95.6 Å². The summed E-state index contributed by atoms with van der Waals surface area (Å²) < 4.78 is 5.45. The van der Waals surface area contributed by atoms with Crippen molar-refractivity contribution >= 4 is 6.29 Å². The summed E-state index contributed by atoms with van der Waals surface area (Å²) in [6.07, 6.45) is 16.2. The lowest BCUT2D eigenvalue weighted by atomic mass is 9.51. The van der Waals surface area contributed by atoms with Gasteiger partial charge in [0.2, 0.25) is 0 Å². The van der Waals surface area contributed by atoms with E-state index in [1.807, 2.05) is 32.2 Å². The molecule has 5 rings (SSSR count). The maximum atomic E-state index is 12.5. The number of hydrogen-bond acceptors (Lipinski definition) is 9. The third-order valence-electron chi connectivity index (χ3n) is 14.1. The van der Waals surface area contributed by atoms with E-state index in [0.29, 0.717) is 69.2 Å². The minimum atomic E-state index is -1.19. The second-order valence-electron chi connectivity index (χ2n) is 17.5. The number of aldehydes is 1. The Morgan fingerprint density at radius 1 is 1.11 bits per heavy atom. The molecule has 7 N–H and O–H groups in total. The largest absolute Gasteiger partial charge is 0.396 e. The maximum Gasteiger partial charge on any atom is 0.145 e. The molecule has 0 saturated heterocycles. The monoisotopic (exact) mass is 775 g/mol. The SMILES string of the molecule is C=C(C=CC=C(CO)[C@@H]1CC[C@]2([C@@H]1O)[C@@H](CCCO)C(=C(C)C=O)CC[C@]2(O)CCNC)[C@@H]1Cc2cccc(c2)C[C@@](C)(CCOC)N[C@@H](O)C2=C[C@@H]1CCC2. The van der Waals surface area contributed by atoms with Gasteiger partial charge in [-0.25, -0.2) is 0 Å². The molecule has 1 aromatic carbocycles. The first-order valence-electron chi connectivity index (χ1n) is 21.1. The van der Waals surface area contributed by atoms with E-state index in [1.54, 1.807) is 7.11 Å². The molecule has 9 heteroatoms. The van der Waals surface area contributed by atoms with Crippen molar-refractivity contribution in [3.8, 4) is 0 Å². The van der Waals surface area contributed by atoms with Crippen molar-refractivity contribution in [1.82, 2.24) is 10.6 Å². The molecule has 9 nitrogen and oxygen atoms in total. The van der Waals surface area contributed by atoms with Crippen molar-refractivity contribution < 1.29 is 35.1 Å². The summed E-state index contributed by atoms with van der Waals surface area (Å²) in [4.78, 5) is 12.1. The Hall–Kier alpha value is -2.73. The van der Waals surface area contributed by atoms with Crippen LogP contribution >= 0.6 is 0 Å². The van der Waals surface area contributed by atoms with Crippen LogP contribution in [-0.2, 0) is 22.4 Å². The molecular formula is C47H70N2O7. The van der Waals surface area contributed by atoms with Gasteiger partial charge in [0.15, 0.2) is 0 Å². The lowest BCUT2D eigenvalue weighted by Gasteiger charge is -2.57. The zero-order chi connectivity index (χ0) is 40.5. The number of nitrogens with one attached hydrogen (secondary N) is 2. The average Bonchev–Trinajstić information content (AvgIpc) is 3.54. The number of aliphatic hydroxyl groups is 5.